The molecule has 3 unspecified atom stereocenters. The Bertz CT molecular complexity index is 787. The standard InChI is InChI=1S/C15H18N4O3S/c1-9-6-18(7-10(2)22-9)12(11-4-3-5-21-11)13-14(20)19-15(23-13)16-8-17-19/h3-5,8-10,12,20H,6-7H2,1-2H3. The third kappa shape index (κ3) is 2.52. The lowest BCUT2D eigenvalue weighted by Gasteiger charge is -2.39. The predicted molar refractivity (Wildman–Crippen MR) is 84.7 cm³/mol. The lowest BCUT2D eigenvalue weighted by Crippen LogP contribution is -2.47. The first kappa shape index (κ1) is 14.7. The number of thiazole rings is 1. The van der Waals surface area contributed by atoms with Gasteiger partial charge in [-0.15, -0.1) is 0 Å². The maximum atomic E-state index is 10.6. The van der Waals surface area contributed by atoms with E-state index in [9.17, 15) is 5.11 Å². The van der Waals surface area contributed by atoms with Gasteiger partial charge in [0.15, 0.2) is 0 Å². The average molecular weight is 334 g/mol. The fourth-order valence-corrected chi connectivity index (χ4v) is 4.29. The van der Waals surface area contributed by atoms with Crippen LogP contribution in [0.15, 0.2) is 29.1 Å². The summed E-state index contributed by atoms with van der Waals surface area (Å²) in [6.45, 7) is 5.65. The molecule has 1 aliphatic heterocycles. The molecule has 3 aromatic heterocycles. The van der Waals surface area contributed by atoms with Gasteiger partial charge in [0.05, 0.1) is 23.3 Å². The molecule has 0 aliphatic carbocycles. The van der Waals surface area contributed by atoms with Crippen molar-refractivity contribution in [2.75, 3.05) is 13.1 Å². The van der Waals surface area contributed by atoms with E-state index in [2.05, 4.69) is 28.8 Å². The molecule has 8 heteroatoms. The molecule has 23 heavy (non-hydrogen) atoms. The highest BCUT2D eigenvalue weighted by Crippen LogP contribution is 2.40. The predicted octanol–water partition coefficient (Wildman–Crippen LogP) is 2.29. The minimum Gasteiger partial charge on any atom is -0.492 e. The third-order valence-electron chi connectivity index (χ3n) is 4.01. The smallest absolute Gasteiger partial charge is 0.230 e. The average Bonchev–Trinajstić information content (AvgIpc) is 3.20. The van der Waals surface area contributed by atoms with Crippen LogP contribution in [0.5, 0.6) is 5.88 Å². The maximum absolute atomic E-state index is 10.6. The Labute approximate surface area is 137 Å². The van der Waals surface area contributed by atoms with Crippen molar-refractivity contribution in [3.05, 3.63) is 35.4 Å². The molecule has 4 rings (SSSR count). The van der Waals surface area contributed by atoms with Crippen LogP contribution in [0.4, 0.5) is 0 Å². The third-order valence-corrected chi connectivity index (χ3v) is 5.10. The molecule has 4 heterocycles. The van der Waals surface area contributed by atoms with Crippen LogP contribution < -0.4 is 0 Å². The highest BCUT2D eigenvalue weighted by atomic mass is 32.1. The van der Waals surface area contributed by atoms with Crippen molar-refractivity contribution in [1.82, 2.24) is 19.5 Å². The second-order valence-corrected chi connectivity index (χ2v) is 6.88. The summed E-state index contributed by atoms with van der Waals surface area (Å²) in [4.78, 5) is 7.91. The summed E-state index contributed by atoms with van der Waals surface area (Å²) in [5, 5.41) is 14.7. The number of rotatable bonds is 3. The molecule has 0 spiro atoms. The van der Waals surface area contributed by atoms with Crippen LogP contribution in [0.1, 0.15) is 30.5 Å². The number of hydrogen-bond donors (Lipinski definition) is 1. The monoisotopic (exact) mass is 334 g/mol. The molecule has 1 N–H and O–H groups in total. The van der Waals surface area contributed by atoms with Gasteiger partial charge in [-0.3, -0.25) is 4.90 Å². The quantitative estimate of drug-likeness (QED) is 0.792. The van der Waals surface area contributed by atoms with Crippen molar-refractivity contribution in [2.45, 2.75) is 32.1 Å². The van der Waals surface area contributed by atoms with E-state index >= 15 is 0 Å². The first-order valence-corrected chi connectivity index (χ1v) is 8.39. The minimum atomic E-state index is -0.174. The van der Waals surface area contributed by atoms with Crippen molar-refractivity contribution in [1.29, 1.82) is 0 Å². The molecule has 0 radical (unpaired) electrons. The lowest BCUT2D eigenvalue weighted by molar-refractivity contribution is -0.0781. The van der Waals surface area contributed by atoms with Crippen molar-refractivity contribution in [2.24, 2.45) is 0 Å². The minimum absolute atomic E-state index is 0.121. The van der Waals surface area contributed by atoms with E-state index in [0.717, 1.165) is 23.7 Å². The summed E-state index contributed by atoms with van der Waals surface area (Å²) in [6, 6.07) is 3.63. The fourth-order valence-electron chi connectivity index (χ4n) is 3.22. The molecule has 1 aliphatic rings. The van der Waals surface area contributed by atoms with Gasteiger partial charge in [-0.25, -0.2) is 4.98 Å². The van der Waals surface area contributed by atoms with E-state index in [1.165, 1.54) is 22.2 Å². The molecule has 0 saturated carbocycles. The topological polar surface area (TPSA) is 76.0 Å². The van der Waals surface area contributed by atoms with Crippen molar-refractivity contribution in [3.63, 3.8) is 0 Å². The molecule has 0 amide bonds. The highest BCUT2D eigenvalue weighted by molar-refractivity contribution is 7.17. The first-order chi connectivity index (χ1) is 11.1. The van der Waals surface area contributed by atoms with Crippen LogP contribution in [-0.2, 0) is 4.74 Å². The number of fused-ring (bicyclic) bond motifs is 1. The van der Waals surface area contributed by atoms with Crippen LogP contribution in [0.3, 0.4) is 0 Å². The van der Waals surface area contributed by atoms with Gasteiger partial charge in [0.1, 0.15) is 18.1 Å². The van der Waals surface area contributed by atoms with Crippen molar-refractivity contribution >= 4 is 16.3 Å². The van der Waals surface area contributed by atoms with Gasteiger partial charge in [-0.2, -0.15) is 9.61 Å². The second kappa shape index (κ2) is 5.63. The van der Waals surface area contributed by atoms with Crippen LogP contribution in [0.2, 0.25) is 0 Å². The Morgan fingerprint density at radius 3 is 2.78 bits per heavy atom. The Balaban J connectivity index is 1.79. The SMILES string of the molecule is CC1CN(C(c2ccco2)c2sc3ncnn3c2O)CC(C)O1. The Hall–Kier alpha value is -1.90. The number of aromatic nitrogens is 3. The second-order valence-electron chi connectivity index (χ2n) is 5.87. The van der Waals surface area contributed by atoms with Gasteiger partial charge in [0, 0.05) is 13.1 Å². The van der Waals surface area contributed by atoms with E-state index in [4.69, 9.17) is 9.15 Å². The van der Waals surface area contributed by atoms with Crippen LogP contribution in [-0.4, -0.2) is 49.9 Å². The Morgan fingerprint density at radius 2 is 2.13 bits per heavy atom. The lowest BCUT2D eigenvalue weighted by atomic mass is 10.1. The van der Waals surface area contributed by atoms with Crippen LogP contribution in [0, 0.1) is 0 Å². The van der Waals surface area contributed by atoms with Gasteiger partial charge in [-0.1, -0.05) is 11.3 Å². The molecule has 0 aromatic carbocycles. The Kier molecular flexibility index (Phi) is 3.59. The molecule has 7 nitrogen and oxygen atoms in total. The van der Waals surface area contributed by atoms with Crippen molar-refractivity contribution in [3.8, 4) is 5.88 Å². The number of morpholine rings is 1. The van der Waals surface area contributed by atoms with Gasteiger partial charge < -0.3 is 14.3 Å². The maximum Gasteiger partial charge on any atom is 0.230 e. The molecule has 1 fully saturated rings. The zero-order valence-corrected chi connectivity index (χ0v) is 13.7. The van der Waals surface area contributed by atoms with Gasteiger partial charge >= 0.3 is 0 Å². The number of nitrogens with zero attached hydrogens (tertiary/aromatic N) is 4. The largest absolute Gasteiger partial charge is 0.492 e. The summed E-state index contributed by atoms with van der Waals surface area (Å²) in [7, 11) is 0. The van der Waals surface area contributed by atoms with E-state index in [0.29, 0.717) is 4.96 Å². The van der Waals surface area contributed by atoms with Crippen molar-refractivity contribution < 1.29 is 14.3 Å². The zero-order valence-electron chi connectivity index (χ0n) is 12.9. The highest BCUT2D eigenvalue weighted by Gasteiger charge is 2.35. The first-order valence-electron chi connectivity index (χ1n) is 7.57. The van der Waals surface area contributed by atoms with Gasteiger partial charge in [-0.05, 0) is 26.0 Å². The van der Waals surface area contributed by atoms with E-state index in [-0.39, 0.29) is 24.1 Å². The van der Waals surface area contributed by atoms with Gasteiger partial charge in [0.2, 0.25) is 10.8 Å². The molecule has 122 valence electrons. The number of furan rings is 1. The molecular formula is C15H18N4O3S. The van der Waals surface area contributed by atoms with Gasteiger partial charge in [0.25, 0.3) is 0 Å². The van der Waals surface area contributed by atoms with Crippen LogP contribution >= 0.6 is 11.3 Å². The molecular weight excluding hydrogens is 316 g/mol. The summed E-state index contributed by atoms with van der Waals surface area (Å²) >= 11 is 1.43. The Morgan fingerprint density at radius 1 is 1.35 bits per heavy atom. The van der Waals surface area contributed by atoms with E-state index < -0.39 is 0 Å². The molecule has 1 saturated heterocycles. The number of ether oxygens (including phenoxy) is 1. The molecule has 3 aromatic rings. The fraction of sp³-hybridized carbons (Fsp3) is 0.467. The summed E-state index contributed by atoms with van der Waals surface area (Å²) < 4.78 is 13.0. The summed E-state index contributed by atoms with van der Waals surface area (Å²) in [5.41, 5.74) is 0. The molecule has 0 bridgehead atoms. The van der Waals surface area contributed by atoms with E-state index in [1.54, 1.807) is 6.26 Å². The van der Waals surface area contributed by atoms with E-state index in [1.807, 2.05) is 12.1 Å². The zero-order chi connectivity index (χ0) is 16.0. The molecule has 3 atom stereocenters. The normalized spacial score (nSPS) is 24.3. The summed E-state index contributed by atoms with van der Waals surface area (Å²) in [5.74, 6) is 0.918. The number of hydrogen-bond acceptors (Lipinski definition) is 7. The van der Waals surface area contributed by atoms with Crippen LogP contribution in [0.25, 0.3) is 4.96 Å². The summed E-state index contributed by atoms with van der Waals surface area (Å²) in [6.07, 6.45) is 3.35. The number of aromatic hydroxyl groups is 1.